The molecular weight excluding hydrogens is 317 g/mol. The Morgan fingerprint density at radius 1 is 1.38 bits per heavy atom. The summed E-state index contributed by atoms with van der Waals surface area (Å²) in [5.41, 5.74) is 0.604. The van der Waals surface area contributed by atoms with Crippen molar-refractivity contribution in [1.82, 2.24) is 15.0 Å². The van der Waals surface area contributed by atoms with E-state index in [9.17, 15) is 19.6 Å². The van der Waals surface area contributed by atoms with Crippen molar-refractivity contribution in [1.29, 1.82) is 0 Å². The van der Waals surface area contributed by atoms with Crippen molar-refractivity contribution in [3.63, 3.8) is 0 Å². The standard InChI is InChI=1S/C14H16BN3O6/c1-2-24-14(21)11-8-18(17-16-11)12(15(22)23)7-9-4-3-5-10(6-9)13(19)20/h3-6,8,12,22-23H,2,7H2,1H3,(H,19,20). The Morgan fingerprint density at radius 3 is 2.75 bits per heavy atom. The molecule has 0 bridgehead atoms. The summed E-state index contributed by atoms with van der Waals surface area (Å²) >= 11 is 0. The highest BCUT2D eigenvalue weighted by atomic mass is 16.5. The minimum atomic E-state index is -1.78. The minimum absolute atomic E-state index is 0.0539. The molecule has 24 heavy (non-hydrogen) atoms. The number of rotatable bonds is 7. The van der Waals surface area contributed by atoms with E-state index in [1.807, 2.05) is 0 Å². The predicted molar refractivity (Wildman–Crippen MR) is 82.3 cm³/mol. The number of benzene rings is 1. The fraction of sp³-hybridized carbons (Fsp3) is 0.286. The molecule has 0 aliphatic carbocycles. The number of carboxylic acids is 1. The molecule has 0 fully saturated rings. The molecule has 0 radical (unpaired) electrons. The molecule has 0 saturated carbocycles. The van der Waals surface area contributed by atoms with Crippen LogP contribution in [0.1, 0.15) is 39.3 Å². The molecule has 9 nitrogen and oxygen atoms in total. The molecule has 1 unspecified atom stereocenters. The van der Waals surface area contributed by atoms with Crippen molar-refractivity contribution in [2.24, 2.45) is 0 Å². The van der Waals surface area contributed by atoms with Gasteiger partial charge in [0.15, 0.2) is 5.69 Å². The van der Waals surface area contributed by atoms with Crippen LogP contribution in [0.3, 0.4) is 0 Å². The molecule has 2 aromatic rings. The molecule has 0 aliphatic heterocycles. The van der Waals surface area contributed by atoms with E-state index in [1.54, 1.807) is 19.1 Å². The lowest BCUT2D eigenvalue weighted by molar-refractivity contribution is 0.0518. The average molecular weight is 333 g/mol. The SMILES string of the molecule is CCOC(=O)c1cn(C(Cc2cccc(C(=O)O)c2)B(O)O)nn1. The van der Waals surface area contributed by atoms with Crippen LogP contribution >= 0.6 is 0 Å². The van der Waals surface area contributed by atoms with E-state index < -0.39 is 25.0 Å². The quantitative estimate of drug-likeness (QED) is 0.474. The third kappa shape index (κ3) is 4.18. The maximum absolute atomic E-state index is 11.6. The van der Waals surface area contributed by atoms with Crippen LogP contribution in [0.25, 0.3) is 0 Å². The minimum Gasteiger partial charge on any atom is -0.478 e. The number of ether oxygens (including phenoxy) is 1. The van der Waals surface area contributed by atoms with Gasteiger partial charge in [0, 0.05) is 0 Å². The van der Waals surface area contributed by atoms with Gasteiger partial charge in [-0.05, 0) is 31.0 Å². The molecule has 0 saturated heterocycles. The second-order valence-electron chi connectivity index (χ2n) is 4.99. The van der Waals surface area contributed by atoms with Gasteiger partial charge in [-0.2, -0.15) is 0 Å². The van der Waals surface area contributed by atoms with E-state index in [0.717, 1.165) is 4.68 Å². The van der Waals surface area contributed by atoms with Crippen molar-refractivity contribution in [2.75, 3.05) is 6.61 Å². The highest BCUT2D eigenvalue weighted by Crippen LogP contribution is 2.17. The molecule has 1 atom stereocenters. The summed E-state index contributed by atoms with van der Waals surface area (Å²) in [5, 5.41) is 35.6. The molecule has 126 valence electrons. The molecule has 0 spiro atoms. The van der Waals surface area contributed by atoms with Gasteiger partial charge in [-0.25, -0.2) is 9.59 Å². The topological polar surface area (TPSA) is 135 Å². The Kier molecular flexibility index (Phi) is 5.66. The summed E-state index contributed by atoms with van der Waals surface area (Å²) in [6, 6.07) is 6.08. The number of hydrogen-bond donors (Lipinski definition) is 3. The van der Waals surface area contributed by atoms with Gasteiger partial charge in [-0.15, -0.1) is 5.10 Å². The van der Waals surface area contributed by atoms with E-state index in [1.165, 1.54) is 18.3 Å². The fourth-order valence-electron chi connectivity index (χ4n) is 2.15. The van der Waals surface area contributed by atoms with Crippen molar-refractivity contribution in [2.45, 2.75) is 19.3 Å². The third-order valence-corrected chi connectivity index (χ3v) is 3.30. The van der Waals surface area contributed by atoms with Crippen LogP contribution in [-0.4, -0.2) is 55.8 Å². The second-order valence-corrected chi connectivity index (χ2v) is 4.99. The molecule has 3 N–H and O–H groups in total. The number of hydrogen-bond acceptors (Lipinski definition) is 7. The number of aromatic nitrogens is 3. The Morgan fingerprint density at radius 2 is 2.12 bits per heavy atom. The van der Waals surface area contributed by atoms with Crippen LogP contribution in [0.15, 0.2) is 30.5 Å². The zero-order valence-corrected chi connectivity index (χ0v) is 12.9. The van der Waals surface area contributed by atoms with Crippen molar-refractivity contribution in [3.05, 3.63) is 47.3 Å². The van der Waals surface area contributed by atoms with E-state index in [4.69, 9.17) is 9.84 Å². The van der Waals surface area contributed by atoms with E-state index in [0.29, 0.717) is 5.56 Å². The second kappa shape index (κ2) is 7.71. The van der Waals surface area contributed by atoms with Crippen molar-refractivity contribution >= 4 is 19.1 Å². The Balaban J connectivity index is 2.23. The van der Waals surface area contributed by atoms with Crippen LogP contribution < -0.4 is 0 Å². The largest absolute Gasteiger partial charge is 0.478 e. The zero-order chi connectivity index (χ0) is 17.7. The van der Waals surface area contributed by atoms with Gasteiger partial charge in [0.05, 0.1) is 24.3 Å². The predicted octanol–water partition coefficient (Wildman–Crippen LogP) is -0.0512. The lowest BCUT2D eigenvalue weighted by Crippen LogP contribution is -2.31. The van der Waals surface area contributed by atoms with Crippen LogP contribution in [0.2, 0.25) is 0 Å². The lowest BCUT2D eigenvalue weighted by atomic mass is 9.76. The van der Waals surface area contributed by atoms with E-state index >= 15 is 0 Å². The Bertz CT molecular complexity index is 733. The fourth-order valence-corrected chi connectivity index (χ4v) is 2.15. The summed E-state index contributed by atoms with van der Waals surface area (Å²) < 4.78 is 5.94. The molecule has 0 amide bonds. The summed E-state index contributed by atoms with van der Waals surface area (Å²) in [4.78, 5) is 22.6. The van der Waals surface area contributed by atoms with Crippen LogP contribution in [-0.2, 0) is 11.2 Å². The van der Waals surface area contributed by atoms with Gasteiger partial charge in [-0.3, -0.25) is 4.68 Å². The van der Waals surface area contributed by atoms with Gasteiger partial charge in [0.25, 0.3) is 0 Å². The molecule has 1 heterocycles. The smallest absolute Gasteiger partial charge is 0.478 e. The summed E-state index contributed by atoms with van der Waals surface area (Å²) in [6.07, 6.45) is 1.34. The molecule has 1 aromatic carbocycles. The van der Waals surface area contributed by atoms with E-state index in [2.05, 4.69) is 10.3 Å². The van der Waals surface area contributed by atoms with Crippen LogP contribution in [0.5, 0.6) is 0 Å². The number of esters is 1. The maximum atomic E-state index is 11.6. The zero-order valence-electron chi connectivity index (χ0n) is 12.9. The summed E-state index contributed by atoms with van der Waals surface area (Å²) in [5.74, 6) is -2.68. The number of carboxylic acid groups (broad SMARTS) is 1. The molecule has 10 heteroatoms. The van der Waals surface area contributed by atoms with Crippen molar-refractivity contribution in [3.8, 4) is 0 Å². The van der Waals surface area contributed by atoms with E-state index in [-0.39, 0.29) is 24.3 Å². The summed E-state index contributed by atoms with van der Waals surface area (Å²) in [7, 11) is -1.78. The van der Waals surface area contributed by atoms with Crippen LogP contribution in [0, 0.1) is 0 Å². The number of carbonyl (C=O) groups excluding carboxylic acids is 1. The first-order valence-electron chi connectivity index (χ1n) is 7.19. The number of nitrogens with zero attached hydrogens (tertiary/aromatic N) is 3. The van der Waals surface area contributed by atoms with Gasteiger partial charge in [0.2, 0.25) is 0 Å². The monoisotopic (exact) mass is 333 g/mol. The lowest BCUT2D eigenvalue weighted by Gasteiger charge is -2.16. The average Bonchev–Trinajstić information content (AvgIpc) is 3.02. The Labute approximate surface area is 137 Å². The molecular formula is C14H16BN3O6. The highest BCUT2D eigenvalue weighted by Gasteiger charge is 2.28. The van der Waals surface area contributed by atoms with Crippen LogP contribution in [0.4, 0.5) is 0 Å². The van der Waals surface area contributed by atoms with Gasteiger partial charge in [0.1, 0.15) is 0 Å². The van der Waals surface area contributed by atoms with Gasteiger partial charge < -0.3 is 19.9 Å². The van der Waals surface area contributed by atoms with Crippen molar-refractivity contribution < 1.29 is 29.5 Å². The normalized spacial score (nSPS) is 11.8. The van der Waals surface area contributed by atoms with Gasteiger partial charge >= 0.3 is 19.1 Å². The third-order valence-electron chi connectivity index (χ3n) is 3.30. The number of carbonyl (C=O) groups is 2. The number of aromatic carboxylic acids is 1. The van der Waals surface area contributed by atoms with Gasteiger partial charge in [-0.1, -0.05) is 17.3 Å². The summed E-state index contributed by atoms with van der Waals surface area (Å²) in [6.45, 7) is 1.83. The maximum Gasteiger partial charge on any atom is 0.478 e. The first-order valence-corrected chi connectivity index (χ1v) is 7.19. The molecule has 0 aliphatic rings. The first-order chi connectivity index (χ1) is 11.4. The highest BCUT2D eigenvalue weighted by molar-refractivity contribution is 6.42. The molecule has 1 aromatic heterocycles. The molecule has 2 rings (SSSR count). The Hall–Kier alpha value is -2.72. The first kappa shape index (κ1) is 17.6.